The van der Waals surface area contributed by atoms with Crippen molar-refractivity contribution in [2.24, 2.45) is 0 Å². The van der Waals surface area contributed by atoms with Crippen LogP contribution in [0.1, 0.15) is 36.1 Å². The van der Waals surface area contributed by atoms with Crippen LogP contribution in [0.15, 0.2) is 54.6 Å². The first-order valence-corrected chi connectivity index (χ1v) is 13.7. The Balaban J connectivity index is 1.77. The number of halogens is 3. The zero-order valence-corrected chi connectivity index (χ0v) is 22.3. The van der Waals surface area contributed by atoms with Crippen molar-refractivity contribution < 1.29 is 22.3 Å². The van der Waals surface area contributed by atoms with Gasteiger partial charge in [-0.2, -0.15) is 5.26 Å². The molecular weight excluding hydrogens is 526 g/mol. The first kappa shape index (κ1) is 27.6. The Hall–Kier alpha value is -2.99. The number of nitriles is 1. The van der Waals surface area contributed by atoms with Crippen molar-refractivity contribution in [2.45, 2.75) is 25.9 Å². The molecule has 3 aromatic carbocycles. The molecule has 0 aliphatic carbocycles. The van der Waals surface area contributed by atoms with Crippen molar-refractivity contribution in [3.05, 3.63) is 87.7 Å². The smallest absolute Gasteiger partial charge is 0.229 e. The standard InChI is InChI=1S/C26H25Cl2FN2O4S/c1-26(2,20-13-18(15-30)25(22(28)14-20)34-11-10-27)19-5-7-21(8-6-19)35-16-17-4-9-23(29)24(12-17)31-36(3,32)33/h4-9,12-14,31H,10-11,16H2,1-3H3. The Bertz CT molecular complexity index is 1390. The highest BCUT2D eigenvalue weighted by Crippen LogP contribution is 2.38. The Labute approximate surface area is 220 Å². The van der Waals surface area contributed by atoms with Gasteiger partial charge in [-0.3, -0.25) is 4.72 Å². The van der Waals surface area contributed by atoms with E-state index < -0.39 is 21.3 Å². The molecule has 0 heterocycles. The molecule has 6 nitrogen and oxygen atoms in total. The average molecular weight is 551 g/mol. The van der Waals surface area contributed by atoms with Crippen molar-refractivity contribution in [3.8, 4) is 17.6 Å². The van der Waals surface area contributed by atoms with Crippen LogP contribution in [-0.2, 0) is 22.0 Å². The number of alkyl halides is 1. The molecule has 0 amide bonds. The molecule has 0 aliphatic rings. The van der Waals surface area contributed by atoms with Crippen LogP contribution in [-0.4, -0.2) is 27.2 Å². The van der Waals surface area contributed by atoms with E-state index in [-0.39, 0.29) is 24.8 Å². The normalized spacial score (nSPS) is 11.6. The molecule has 3 aromatic rings. The quantitative estimate of drug-likeness (QED) is 0.301. The highest BCUT2D eigenvalue weighted by molar-refractivity contribution is 7.92. The van der Waals surface area contributed by atoms with Gasteiger partial charge in [0.05, 0.1) is 28.4 Å². The number of sulfonamides is 1. The fourth-order valence-electron chi connectivity index (χ4n) is 3.57. The fraction of sp³-hybridized carbons (Fsp3) is 0.269. The third kappa shape index (κ3) is 6.82. The summed E-state index contributed by atoms with van der Waals surface area (Å²) in [6.45, 7) is 4.40. The fourth-order valence-corrected chi connectivity index (χ4v) is 4.47. The molecule has 1 N–H and O–H groups in total. The Morgan fingerprint density at radius 3 is 2.36 bits per heavy atom. The molecule has 0 spiro atoms. The summed E-state index contributed by atoms with van der Waals surface area (Å²) in [5.41, 5.74) is 2.12. The van der Waals surface area contributed by atoms with Gasteiger partial charge in [-0.1, -0.05) is 43.6 Å². The maximum absolute atomic E-state index is 13.9. The van der Waals surface area contributed by atoms with Crippen LogP contribution in [0.2, 0.25) is 5.02 Å². The zero-order chi connectivity index (χ0) is 26.5. The van der Waals surface area contributed by atoms with Crippen molar-refractivity contribution in [2.75, 3.05) is 23.5 Å². The third-order valence-corrected chi connectivity index (χ3v) is 6.54. The number of nitrogens with one attached hydrogen (secondary N) is 1. The van der Waals surface area contributed by atoms with Crippen LogP contribution < -0.4 is 14.2 Å². The molecule has 190 valence electrons. The number of ether oxygens (including phenoxy) is 2. The van der Waals surface area contributed by atoms with E-state index in [2.05, 4.69) is 10.8 Å². The van der Waals surface area contributed by atoms with Crippen molar-refractivity contribution in [1.82, 2.24) is 0 Å². The maximum atomic E-state index is 13.9. The topological polar surface area (TPSA) is 88.4 Å². The van der Waals surface area contributed by atoms with E-state index in [0.29, 0.717) is 27.6 Å². The first-order valence-electron chi connectivity index (χ1n) is 10.9. The Morgan fingerprint density at radius 2 is 1.75 bits per heavy atom. The molecule has 0 bridgehead atoms. The van der Waals surface area contributed by atoms with Crippen molar-refractivity contribution in [1.29, 1.82) is 5.26 Å². The molecule has 0 aromatic heterocycles. The second kappa shape index (κ2) is 11.4. The second-order valence-corrected chi connectivity index (χ2v) is 11.1. The van der Waals surface area contributed by atoms with E-state index in [1.165, 1.54) is 18.2 Å². The lowest BCUT2D eigenvalue weighted by molar-refractivity contribution is 0.306. The van der Waals surface area contributed by atoms with Gasteiger partial charge >= 0.3 is 0 Å². The average Bonchev–Trinajstić information content (AvgIpc) is 2.82. The highest BCUT2D eigenvalue weighted by Gasteiger charge is 2.26. The van der Waals surface area contributed by atoms with Crippen molar-refractivity contribution >= 4 is 38.9 Å². The Morgan fingerprint density at radius 1 is 1.06 bits per heavy atom. The summed E-state index contributed by atoms with van der Waals surface area (Å²) in [6, 6.07) is 17.2. The number of hydrogen-bond donors (Lipinski definition) is 1. The highest BCUT2D eigenvalue weighted by atomic mass is 35.5. The minimum Gasteiger partial charge on any atom is -0.489 e. The van der Waals surface area contributed by atoms with Crippen LogP contribution in [0.5, 0.6) is 11.5 Å². The number of hydrogen-bond acceptors (Lipinski definition) is 5. The van der Waals surface area contributed by atoms with Gasteiger partial charge in [-0.15, -0.1) is 11.6 Å². The van der Waals surface area contributed by atoms with E-state index in [4.69, 9.17) is 32.7 Å². The first-order chi connectivity index (χ1) is 16.9. The molecule has 0 fully saturated rings. The summed E-state index contributed by atoms with van der Waals surface area (Å²) < 4.78 is 50.3. The molecule has 0 unspecified atom stereocenters. The van der Waals surface area contributed by atoms with E-state index in [1.54, 1.807) is 24.3 Å². The lowest BCUT2D eigenvalue weighted by Gasteiger charge is -2.27. The van der Waals surface area contributed by atoms with Crippen LogP contribution >= 0.6 is 23.2 Å². The van der Waals surface area contributed by atoms with Crippen LogP contribution in [0.4, 0.5) is 10.1 Å². The number of benzene rings is 3. The summed E-state index contributed by atoms with van der Waals surface area (Å²) in [5, 5.41) is 9.93. The molecule has 36 heavy (non-hydrogen) atoms. The monoisotopic (exact) mass is 550 g/mol. The predicted octanol–water partition coefficient (Wildman–Crippen LogP) is 6.24. The summed E-state index contributed by atoms with van der Waals surface area (Å²) in [6.07, 6.45) is 0.956. The lowest BCUT2D eigenvalue weighted by Crippen LogP contribution is -2.19. The predicted molar refractivity (Wildman–Crippen MR) is 140 cm³/mol. The summed E-state index contributed by atoms with van der Waals surface area (Å²) in [4.78, 5) is 0. The number of rotatable bonds is 10. The van der Waals surface area contributed by atoms with Gasteiger partial charge in [0, 0.05) is 5.41 Å². The van der Waals surface area contributed by atoms with Gasteiger partial charge in [-0.05, 0) is 53.1 Å². The summed E-state index contributed by atoms with van der Waals surface area (Å²) in [5.74, 6) is 0.507. The SMILES string of the molecule is CC(C)(c1ccc(OCc2ccc(F)c(NS(C)(=O)=O)c2)cc1)c1cc(Cl)c(OCCCl)c(C#N)c1. The van der Waals surface area contributed by atoms with Gasteiger partial charge in [0.1, 0.15) is 30.8 Å². The third-order valence-electron chi connectivity index (χ3n) is 5.52. The van der Waals surface area contributed by atoms with Gasteiger partial charge < -0.3 is 9.47 Å². The zero-order valence-electron chi connectivity index (χ0n) is 19.9. The molecule has 0 saturated carbocycles. The van der Waals surface area contributed by atoms with E-state index >= 15 is 0 Å². The minimum atomic E-state index is -3.61. The second-order valence-electron chi connectivity index (χ2n) is 8.61. The molecule has 0 aliphatic heterocycles. The molecule has 10 heteroatoms. The number of nitrogens with zero attached hydrogens (tertiary/aromatic N) is 1. The summed E-state index contributed by atoms with van der Waals surface area (Å²) in [7, 11) is -3.61. The largest absolute Gasteiger partial charge is 0.489 e. The van der Waals surface area contributed by atoms with Crippen LogP contribution in [0.25, 0.3) is 0 Å². The minimum absolute atomic E-state index is 0.117. The Kier molecular flexibility index (Phi) is 8.72. The van der Waals surface area contributed by atoms with Gasteiger partial charge in [-0.25, -0.2) is 12.8 Å². The van der Waals surface area contributed by atoms with E-state index in [9.17, 15) is 18.1 Å². The van der Waals surface area contributed by atoms with E-state index in [1.807, 2.05) is 26.0 Å². The maximum Gasteiger partial charge on any atom is 0.229 e. The summed E-state index contributed by atoms with van der Waals surface area (Å²) >= 11 is 12.1. The lowest BCUT2D eigenvalue weighted by atomic mass is 9.77. The van der Waals surface area contributed by atoms with E-state index in [0.717, 1.165) is 17.4 Å². The number of anilines is 1. The molecule has 0 atom stereocenters. The molecule has 0 saturated heterocycles. The van der Waals surface area contributed by atoms with Crippen LogP contribution in [0.3, 0.4) is 0 Å². The molecule has 0 radical (unpaired) electrons. The van der Waals surface area contributed by atoms with Crippen molar-refractivity contribution in [3.63, 3.8) is 0 Å². The van der Waals surface area contributed by atoms with Gasteiger partial charge in [0.25, 0.3) is 0 Å². The van der Waals surface area contributed by atoms with Crippen LogP contribution in [0, 0.1) is 17.1 Å². The molecule has 3 rings (SSSR count). The molecular formula is C26H25Cl2FN2O4S. The van der Waals surface area contributed by atoms with Gasteiger partial charge in [0.15, 0.2) is 5.75 Å². The van der Waals surface area contributed by atoms with Gasteiger partial charge in [0.2, 0.25) is 10.0 Å².